The third kappa shape index (κ3) is 6.28. The number of halogens is 1. The minimum atomic E-state index is -0.786. The van der Waals surface area contributed by atoms with E-state index in [-0.39, 0.29) is 11.3 Å². The van der Waals surface area contributed by atoms with Crippen molar-refractivity contribution < 1.29 is 24.2 Å². The standard InChI is InChI=1S/C32H30ClN3O5/c1-2-40-27-14-11-24(19-26(27)33)30(37)28-29(36(32(39)31(28)38)17-6-16-35-18-15-34-21-35)23-9-12-25(13-10-23)41-20-22-7-4-3-5-8-22/h3-5,7-15,18-19,21,29,37H,2,6,16-17,20H2,1H3/t29-/m0/s1. The van der Waals surface area contributed by atoms with Gasteiger partial charge in [0.2, 0.25) is 0 Å². The first-order chi connectivity index (χ1) is 20.0. The molecule has 1 aliphatic heterocycles. The van der Waals surface area contributed by atoms with E-state index in [1.807, 2.05) is 60.2 Å². The van der Waals surface area contributed by atoms with Crippen molar-refractivity contribution in [2.24, 2.45) is 0 Å². The van der Waals surface area contributed by atoms with Crippen molar-refractivity contribution in [3.63, 3.8) is 0 Å². The van der Waals surface area contributed by atoms with E-state index in [2.05, 4.69) is 4.98 Å². The van der Waals surface area contributed by atoms with E-state index >= 15 is 0 Å². The van der Waals surface area contributed by atoms with Gasteiger partial charge in [0.15, 0.2) is 0 Å². The third-order valence-corrected chi connectivity index (χ3v) is 7.16. The number of ketones is 1. The lowest BCUT2D eigenvalue weighted by molar-refractivity contribution is -0.139. The fourth-order valence-electron chi connectivity index (χ4n) is 4.86. The number of nitrogens with zero attached hydrogens (tertiary/aromatic N) is 3. The molecule has 0 saturated carbocycles. The Morgan fingerprint density at radius 1 is 1.00 bits per heavy atom. The Labute approximate surface area is 243 Å². The number of carbonyl (C=O) groups is 2. The van der Waals surface area contributed by atoms with Crippen molar-refractivity contribution in [1.82, 2.24) is 14.5 Å². The third-order valence-electron chi connectivity index (χ3n) is 6.86. The van der Waals surface area contributed by atoms with Crippen LogP contribution in [0.25, 0.3) is 5.76 Å². The first-order valence-corrected chi connectivity index (χ1v) is 13.8. The first kappa shape index (κ1) is 28.0. The molecule has 0 radical (unpaired) electrons. The van der Waals surface area contributed by atoms with Gasteiger partial charge in [-0.15, -0.1) is 0 Å². The number of benzene rings is 3. The summed E-state index contributed by atoms with van der Waals surface area (Å²) in [5, 5.41) is 11.7. The molecule has 1 fully saturated rings. The number of aryl methyl sites for hydroxylation is 1. The molecule has 1 saturated heterocycles. The molecule has 0 unspecified atom stereocenters. The molecule has 9 heteroatoms. The molecule has 0 spiro atoms. The summed E-state index contributed by atoms with van der Waals surface area (Å²) in [6, 6.07) is 21.1. The largest absolute Gasteiger partial charge is 0.507 e. The van der Waals surface area contributed by atoms with Crippen LogP contribution < -0.4 is 9.47 Å². The fraction of sp³-hybridized carbons (Fsp3) is 0.219. The van der Waals surface area contributed by atoms with Crippen molar-refractivity contribution in [3.05, 3.63) is 119 Å². The number of amides is 1. The van der Waals surface area contributed by atoms with E-state index in [4.69, 9.17) is 21.1 Å². The summed E-state index contributed by atoms with van der Waals surface area (Å²) in [5.74, 6) is -0.589. The molecular weight excluding hydrogens is 542 g/mol. The minimum absolute atomic E-state index is 0.0100. The highest BCUT2D eigenvalue weighted by Gasteiger charge is 2.45. The number of imidazole rings is 1. The molecule has 41 heavy (non-hydrogen) atoms. The van der Waals surface area contributed by atoms with E-state index in [1.165, 1.54) is 11.0 Å². The summed E-state index contributed by atoms with van der Waals surface area (Å²) >= 11 is 6.37. The molecule has 1 aromatic heterocycles. The van der Waals surface area contributed by atoms with Gasteiger partial charge >= 0.3 is 0 Å². The molecule has 2 heterocycles. The summed E-state index contributed by atoms with van der Waals surface area (Å²) in [6.45, 7) is 3.61. The summed E-state index contributed by atoms with van der Waals surface area (Å²) in [5.41, 5.74) is 2.05. The lowest BCUT2D eigenvalue weighted by Gasteiger charge is -2.25. The fourth-order valence-corrected chi connectivity index (χ4v) is 5.10. The zero-order chi connectivity index (χ0) is 28.8. The van der Waals surface area contributed by atoms with E-state index in [0.29, 0.717) is 60.4 Å². The molecule has 1 atom stereocenters. The average molecular weight is 572 g/mol. The lowest BCUT2D eigenvalue weighted by atomic mass is 9.95. The lowest BCUT2D eigenvalue weighted by Crippen LogP contribution is -2.31. The zero-order valence-electron chi connectivity index (χ0n) is 22.6. The molecule has 1 N–H and O–H groups in total. The summed E-state index contributed by atoms with van der Waals surface area (Å²) in [6.07, 6.45) is 5.83. The predicted molar refractivity (Wildman–Crippen MR) is 156 cm³/mol. The van der Waals surface area contributed by atoms with Crippen LogP contribution in [0, 0.1) is 0 Å². The number of Topliss-reactive ketones (excluding diaryl/α,β-unsaturated/α-hetero) is 1. The Morgan fingerprint density at radius 2 is 1.78 bits per heavy atom. The molecule has 3 aromatic carbocycles. The maximum Gasteiger partial charge on any atom is 0.295 e. The number of hydrogen-bond acceptors (Lipinski definition) is 6. The van der Waals surface area contributed by atoms with Gasteiger partial charge in [0.05, 0.1) is 29.6 Å². The number of aromatic nitrogens is 2. The number of aliphatic hydroxyl groups is 1. The molecule has 5 rings (SSSR count). The summed E-state index contributed by atoms with van der Waals surface area (Å²) < 4.78 is 13.3. The van der Waals surface area contributed by atoms with Crippen LogP contribution >= 0.6 is 11.6 Å². The Kier molecular flexibility index (Phi) is 8.70. The predicted octanol–water partition coefficient (Wildman–Crippen LogP) is 6.03. The monoisotopic (exact) mass is 571 g/mol. The van der Waals surface area contributed by atoms with Crippen molar-refractivity contribution in [2.75, 3.05) is 13.2 Å². The van der Waals surface area contributed by atoms with E-state index < -0.39 is 17.7 Å². The quantitative estimate of drug-likeness (QED) is 0.134. The SMILES string of the molecule is CCOc1ccc(C(O)=C2C(=O)C(=O)N(CCCn3ccnc3)[C@H]2c2ccc(OCc3ccccc3)cc2)cc1Cl. The van der Waals surface area contributed by atoms with Crippen molar-refractivity contribution in [3.8, 4) is 11.5 Å². The van der Waals surface area contributed by atoms with Gasteiger partial charge in [0.1, 0.15) is 23.9 Å². The normalized spacial score (nSPS) is 16.2. The number of hydrogen-bond donors (Lipinski definition) is 1. The molecule has 8 nitrogen and oxygen atoms in total. The second-order valence-corrected chi connectivity index (χ2v) is 9.98. The molecule has 210 valence electrons. The van der Waals surface area contributed by atoms with Crippen molar-refractivity contribution in [1.29, 1.82) is 0 Å². The van der Waals surface area contributed by atoms with Gasteiger partial charge in [-0.1, -0.05) is 54.1 Å². The van der Waals surface area contributed by atoms with Gasteiger partial charge in [-0.25, -0.2) is 4.98 Å². The number of rotatable bonds is 11. The average Bonchev–Trinajstić information content (AvgIpc) is 3.60. The Hall–Kier alpha value is -4.56. The maximum absolute atomic E-state index is 13.4. The number of ether oxygens (including phenoxy) is 2. The minimum Gasteiger partial charge on any atom is -0.507 e. The second-order valence-electron chi connectivity index (χ2n) is 9.57. The van der Waals surface area contributed by atoms with Crippen LogP contribution in [-0.2, 0) is 22.7 Å². The second kappa shape index (κ2) is 12.7. The van der Waals surface area contributed by atoms with Crippen LogP contribution in [0.4, 0.5) is 0 Å². The number of aliphatic hydroxyl groups excluding tert-OH is 1. The molecule has 1 aliphatic rings. The van der Waals surface area contributed by atoms with Crippen LogP contribution in [-0.4, -0.2) is 44.4 Å². The van der Waals surface area contributed by atoms with E-state index in [1.54, 1.807) is 36.8 Å². The van der Waals surface area contributed by atoms with Crippen LogP contribution in [0.2, 0.25) is 5.02 Å². The maximum atomic E-state index is 13.4. The Morgan fingerprint density at radius 3 is 2.46 bits per heavy atom. The van der Waals surface area contributed by atoms with E-state index in [0.717, 1.165) is 5.56 Å². The van der Waals surface area contributed by atoms with Crippen LogP contribution in [0.1, 0.15) is 36.1 Å². The molecule has 4 aromatic rings. The van der Waals surface area contributed by atoms with Gasteiger partial charge in [-0.3, -0.25) is 9.59 Å². The van der Waals surface area contributed by atoms with Gasteiger partial charge in [0.25, 0.3) is 11.7 Å². The highest BCUT2D eigenvalue weighted by atomic mass is 35.5. The summed E-state index contributed by atoms with van der Waals surface area (Å²) in [7, 11) is 0. The number of likely N-dealkylation sites (tertiary alicyclic amines) is 1. The van der Waals surface area contributed by atoms with Gasteiger partial charge in [-0.05, 0) is 54.8 Å². The topological polar surface area (TPSA) is 93.9 Å². The highest BCUT2D eigenvalue weighted by molar-refractivity contribution is 6.46. The van der Waals surface area contributed by atoms with Crippen molar-refractivity contribution >= 4 is 29.1 Å². The summed E-state index contributed by atoms with van der Waals surface area (Å²) in [4.78, 5) is 32.3. The molecule has 0 aliphatic carbocycles. The first-order valence-electron chi connectivity index (χ1n) is 13.4. The van der Waals surface area contributed by atoms with Crippen molar-refractivity contribution in [2.45, 2.75) is 32.5 Å². The van der Waals surface area contributed by atoms with Gasteiger partial charge in [0, 0.05) is 31.0 Å². The molecule has 0 bridgehead atoms. The van der Waals surface area contributed by atoms with Crippen LogP contribution in [0.3, 0.4) is 0 Å². The van der Waals surface area contributed by atoms with Gasteiger partial charge < -0.3 is 24.0 Å². The smallest absolute Gasteiger partial charge is 0.295 e. The molecule has 1 amide bonds. The number of carbonyl (C=O) groups excluding carboxylic acids is 2. The Bertz CT molecular complexity index is 1540. The zero-order valence-corrected chi connectivity index (χ0v) is 23.3. The highest BCUT2D eigenvalue weighted by Crippen LogP contribution is 2.41. The Balaban J connectivity index is 1.46. The van der Waals surface area contributed by atoms with Crippen LogP contribution in [0.5, 0.6) is 11.5 Å². The van der Waals surface area contributed by atoms with E-state index in [9.17, 15) is 14.7 Å². The molecular formula is C32H30ClN3O5. The van der Waals surface area contributed by atoms with Gasteiger partial charge in [-0.2, -0.15) is 0 Å². The van der Waals surface area contributed by atoms with Crippen LogP contribution in [0.15, 0.2) is 97.1 Å².